The predicted octanol–water partition coefficient (Wildman–Crippen LogP) is 3.44. The number of carbonyl (C=O) groups is 1. The largest absolute Gasteiger partial charge is 0.490 e. The lowest BCUT2D eigenvalue weighted by atomic mass is 10.3. The monoisotopic (exact) mass is 300 g/mol. The van der Waals surface area contributed by atoms with Crippen LogP contribution in [0.25, 0.3) is 0 Å². The number of hydrogen-bond donors (Lipinski definition) is 2. The van der Waals surface area contributed by atoms with Gasteiger partial charge in [0.2, 0.25) is 5.91 Å². The van der Waals surface area contributed by atoms with Crippen molar-refractivity contribution in [1.82, 2.24) is 0 Å². The van der Waals surface area contributed by atoms with Crippen LogP contribution < -0.4 is 15.4 Å². The average molecular weight is 300 g/mol. The molecular weight excluding hydrogens is 283 g/mol. The maximum Gasteiger partial charge on any atom is 0.243 e. The molecule has 4 nitrogen and oxygen atoms in total. The van der Waals surface area contributed by atoms with Gasteiger partial charge in [-0.3, -0.25) is 4.79 Å². The summed E-state index contributed by atoms with van der Waals surface area (Å²) in [6.45, 7) is 3.98. The third-order valence-corrected chi connectivity index (χ3v) is 2.82. The molecule has 22 heavy (non-hydrogen) atoms. The first kappa shape index (κ1) is 15.6. The quantitative estimate of drug-likeness (QED) is 0.770. The summed E-state index contributed by atoms with van der Waals surface area (Å²) in [6.07, 6.45) is 1.66. The van der Waals surface area contributed by atoms with E-state index in [1.54, 1.807) is 48.5 Å². The van der Waals surface area contributed by atoms with E-state index in [2.05, 4.69) is 17.2 Å². The molecule has 0 fully saturated rings. The summed E-state index contributed by atoms with van der Waals surface area (Å²) in [5.41, 5.74) is 0.942. The Balaban J connectivity index is 1.84. The molecule has 0 spiro atoms. The van der Waals surface area contributed by atoms with Gasteiger partial charge in [0, 0.05) is 5.69 Å². The maximum atomic E-state index is 13.4. The molecule has 114 valence electrons. The normalized spacial score (nSPS) is 9.86. The molecule has 0 aliphatic rings. The molecule has 0 aliphatic carbocycles. The molecule has 0 radical (unpaired) electrons. The highest BCUT2D eigenvalue weighted by Crippen LogP contribution is 2.16. The molecule has 2 aromatic carbocycles. The van der Waals surface area contributed by atoms with E-state index < -0.39 is 0 Å². The smallest absolute Gasteiger partial charge is 0.243 e. The summed E-state index contributed by atoms with van der Waals surface area (Å²) in [4.78, 5) is 11.8. The summed E-state index contributed by atoms with van der Waals surface area (Å²) in [7, 11) is 0. The van der Waals surface area contributed by atoms with E-state index in [9.17, 15) is 9.18 Å². The average Bonchev–Trinajstić information content (AvgIpc) is 2.53. The van der Waals surface area contributed by atoms with Crippen LogP contribution in [0, 0.1) is 5.82 Å². The Kier molecular flexibility index (Phi) is 5.54. The fraction of sp³-hybridized carbons (Fsp3) is 0.118. The van der Waals surface area contributed by atoms with E-state index in [1.807, 2.05) is 0 Å². The second kappa shape index (κ2) is 7.83. The third-order valence-electron chi connectivity index (χ3n) is 2.82. The fourth-order valence-corrected chi connectivity index (χ4v) is 1.77. The molecule has 0 unspecified atom stereocenters. The minimum absolute atomic E-state index is 0.0182. The fourth-order valence-electron chi connectivity index (χ4n) is 1.77. The Labute approximate surface area is 128 Å². The summed E-state index contributed by atoms with van der Waals surface area (Å²) in [5.74, 6) is 0.0458. The highest BCUT2D eigenvalue weighted by molar-refractivity contribution is 5.93. The van der Waals surface area contributed by atoms with E-state index in [4.69, 9.17) is 4.74 Å². The maximum absolute atomic E-state index is 13.4. The molecule has 2 rings (SSSR count). The summed E-state index contributed by atoms with van der Waals surface area (Å²) in [6, 6.07) is 13.2. The van der Waals surface area contributed by atoms with Crippen molar-refractivity contribution in [2.75, 3.05) is 23.8 Å². The molecule has 0 heterocycles. The second-order valence-electron chi connectivity index (χ2n) is 4.51. The van der Waals surface area contributed by atoms with Crippen molar-refractivity contribution in [2.45, 2.75) is 0 Å². The molecule has 0 aliphatic heterocycles. The summed E-state index contributed by atoms with van der Waals surface area (Å²) in [5, 5.41) is 5.46. The second-order valence-corrected chi connectivity index (χ2v) is 4.51. The van der Waals surface area contributed by atoms with Gasteiger partial charge in [0.15, 0.2) is 0 Å². The lowest BCUT2D eigenvalue weighted by Crippen LogP contribution is -2.22. The SMILES string of the molecule is C=CCOc1ccc(NC(=O)CNc2ccccc2F)cc1. The van der Waals surface area contributed by atoms with E-state index in [0.29, 0.717) is 23.7 Å². The van der Waals surface area contributed by atoms with E-state index >= 15 is 0 Å². The standard InChI is InChI=1S/C17H17FN2O2/c1-2-11-22-14-9-7-13(8-10-14)20-17(21)12-19-16-6-4-3-5-15(16)18/h2-10,19H,1,11-12H2,(H,20,21). The number of anilines is 2. The van der Waals surface area contributed by atoms with Gasteiger partial charge in [-0.25, -0.2) is 4.39 Å². The van der Waals surface area contributed by atoms with E-state index in [1.165, 1.54) is 6.07 Å². The Bertz CT molecular complexity index is 641. The van der Waals surface area contributed by atoms with Crippen LogP contribution in [0.3, 0.4) is 0 Å². The van der Waals surface area contributed by atoms with Gasteiger partial charge >= 0.3 is 0 Å². The van der Waals surface area contributed by atoms with Gasteiger partial charge in [-0.2, -0.15) is 0 Å². The number of halogens is 1. The van der Waals surface area contributed by atoms with Crippen LogP contribution in [0.15, 0.2) is 61.2 Å². The van der Waals surface area contributed by atoms with Gasteiger partial charge in [0.1, 0.15) is 18.2 Å². The van der Waals surface area contributed by atoms with Gasteiger partial charge in [0.05, 0.1) is 12.2 Å². The number of benzene rings is 2. The number of rotatable bonds is 7. The number of nitrogens with one attached hydrogen (secondary N) is 2. The Morgan fingerprint density at radius 3 is 2.59 bits per heavy atom. The number of para-hydroxylation sites is 1. The minimum atomic E-state index is -0.390. The van der Waals surface area contributed by atoms with Crippen LogP contribution in [-0.2, 0) is 4.79 Å². The number of amides is 1. The molecule has 0 saturated heterocycles. The van der Waals surface area contributed by atoms with Crippen LogP contribution in [0.1, 0.15) is 0 Å². The highest BCUT2D eigenvalue weighted by atomic mass is 19.1. The van der Waals surface area contributed by atoms with Crippen LogP contribution in [-0.4, -0.2) is 19.1 Å². The number of ether oxygens (including phenoxy) is 1. The highest BCUT2D eigenvalue weighted by Gasteiger charge is 2.05. The zero-order chi connectivity index (χ0) is 15.8. The topological polar surface area (TPSA) is 50.4 Å². The minimum Gasteiger partial charge on any atom is -0.490 e. The van der Waals surface area contributed by atoms with E-state index in [0.717, 1.165) is 0 Å². The molecule has 0 bridgehead atoms. The van der Waals surface area contributed by atoms with Gasteiger partial charge in [0.25, 0.3) is 0 Å². The molecule has 2 N–H and O–H groups in total. The molecule has 2 aromatic rings. The molecule has 5 heteroatoms. The Hall–Kier alpha value is -2.82. The van der Waals surface area contributed by atoms with Crippen molar-refractivity contribution in [2.24, 2.45) is 0 Å². The van der Waals surface area contributed by atoms with Crippen molar-refractivity contribution in [3.05, 3.63) is 67.0 Å². The first-order chi connectivity index (χ1) is 10.7. The van der Waals surface area contributed by atoms with Crippen LogP contribution in [0.4, 0.5) is 15.8 Å². The number of hydrogen-bond acceptors (Lipinski definition) is 3. The molecule has 0 atom stereocenters. The molecule has 0 aromatic heterocycles. The predicted molar refractivity (Wildman–Crippen MR) is 85.7 cm³/mol. The van der Waals surface area contributed by atoms with Gasteiger partial charge in [-0.1, -0.05) is 24.8 Å². The molecular formula is C17H17FN2O2. The first-order valence-electron chi connectivity index (χ1n) is 6.81. The van der Waals surface area contributed by atoms with Gasteiger partial charge < -0.3 is 15.4 Å². The zero-order valence-electron chi connectivity index (χ0n) is 12.0. The molecule has 0 saturated carbocycles. The van der Waals surface area contributed by atoms with Crippen molar-refractivity contribution in [3.63, 3.8) is 0 Å². The van der Waals surface area contributed by atoms with E-state index in [-0.39, 0.29) is 18.3 Å². The summed E-state index contributed by atoms with van der Waals surface area (Å²) < 4.78 is 18.7. The van der Waals surface area contributed by atoms with Crippen molar-refractivity contribution >= 4 is 17.3 Å². The zero-order valence-corrected chi connectivity index (χ0v) is 12.0. The van der Waals surface area contributed by atoms with Crippen LogP contribution in [0.5, 0.6) is 5.75 Å². The Morgan fingerprint density at radius 2 is 1.91 bits per heavy atom. The van der Waals surface area contributed by atoms with Crippen LogP contribution in [0.2, 0.25) is 0 Å². The van der Waals surface area contributed by atoms with Crippen molar-refractivity contribution in [3.8, 4) is 5.75 Å². The Morgan fingerprint density at radius 1 is 1.18 bits per heavy atom. The first-order valence-corrected chi connectivity index (χ1v) is 6.81. The summed E-state index contributed by atoms with van der Waals surface area (Å²) >= 11 is 0. The lowest BCUT2D eigenvalue weighted by molar-refractivity contribution is -0.114. The lowest BCUT2D eigenvalue weighted by Gasteiger charge is -2.09. The molecule has 1 amide bonds. The van der Waals surface area contributed by atoms with Gasteiger partial charge in [-0.15, -0.1) is 0 Å². The van der Waals surface area contributed by atoms with Crippen molar-refractivity contribution in [1.29, 1.82) is 0 Å². The van der Waals surface area contributed by atoms with Crippen LogP contribution >= 0.6 is 0 Å². The van der Waals surface area contributed by atoms with Gasteiger partial charge in [-0.05, 0) is 36.4 Å². The number of carbonyl (C=O) groups excluding carboxylic acids is 1. The third kappa shape index (κ3) is 4.63. The van der Waals surface area contributed by atoms with Crippen molar-refractivity contribution < 1.29 is 13.9 Å².